The van der Waals surface area contributed by atoms with Gasteiger partial charge in [0.2, 0.25) is 11.7 Å². The first-order valence-electron chi connectivity index (χ1n) is 11.9. The van der Waals surface area contributed by atoms with Crippen LogP contribution in [0.15, 0.2) is 59.5 Å². The quantitative estimate of drug-likeness (QED) is 0.456. The minimum Gasteiger partial charge on any atom is -0.291 e. The lowest BCUT2D eigenvalue weighted by Crippen LogP contribution is -2.29. The first-order chi connectivity index (χ1) is 16.7. The van der Waals surface area contributed by atoms with Crippen LogP contribution >= 0.6 is 0 Å². The van der Waals surface area contributed by atoms with Crippen LogP contribution < -0.4 is 5.69 Å². The highest BCUT2D eigenvalue weighted by molar-refractivity contribution is 5.80. The number of aromatic nitrogens is 6. The monoisotopic (exact) mass is 456 g/mol. The number of H-pyrrole nitrogens is 1. The molecule has 1 aliphatic rings. The zero-order valence-electron chi connectivity index (χ0n) is 19.3. The molecule has 4 aromatic rings. The van der Waals surface area contributed by atoms with Crippen molar-refractivity contribution in [2.75, 3.05) is 0 Å². The number of aromatic amines is 1. The summed E-state index contributed by atoms with van der Waals surface area (Å²) in [4.78, 5) is 25.6. The van der Waals surface area contributed by atoms with Gasteiger partial charge in [-0.15, -0.1) is 10.2 Å². The number of tetrazole rings is 1. The van der Waals surface area contributed by atoms with Gasteiger partial charge in [0.1, 0.15) is 0 Å². The number of hydrogen-bond donors (Lipinski definition) is 1. The van der Waals surface area contributed by atoms with Gasteiger partial charge >= 0.3 is 5.69 Å². The van der Waals surface area contributed by atoms with E-state index in [1.54, 1.807) is 17.7 Å². The Morgan fingerprint density at radius 2 is 1.76 bits per heavy atom. The standard InChI is InChI=1S/C26H28N6O2/c1-2-24(33)32-17-23(20-8-4-3-5-9-20)31(26(32)34)16-18-12-14-19(15-13-18)21-10-6-7-11-22(21)25-27-29-30-28-25/h6-7,10-15,17,20H,2-5,8-9,16H2,1H3,(H,27,28,29,30). The van der Waals surface area contributed by atoms with Crippen LogP contribution in [0.5, 0.6) is 0 Å². The van der Waals surface area contributed by atoms with E-state index >= 15 is 0 Å². The molecule has 2 heterocycles. The van der Waals surface area contributed by atoms with Crippen molar-refractivity contribution >= 4 is 5.91 Å². The van der Waals surface area contributed by atoms with E-state index in [-0.39, 0.29) is 11.6 Å². The summed E-state index contributed by atoms with van der Waals surface area (Å²) < 4.78 is 3.10. The van der Waals surface area contributed by atoms with Crippen LogP contribution in [-0.4, -0.2) is 35.7 Å². The number of hydrogen-bond acceptors (Lipinski definition) is 5. The normalized spacial score (nSPS) is 14.4. The molecule has 1 fully saturated rings. The van der Waals surface area contributed by atoms with E-state index < -0.39 is 0 Å². The molecular formula is C26H28N6O2. The Morgan fingerprint density at radius 1 is 1.03 bits per heavy atom. The second-order valence-corrected chi connectivity index (χ2v) is 8.85. The lowest BCUT2D eigenvalue weighted by molar-refractivity contribution is 0.0904. The van der Waals surface area contributed by atoms with Crippen molar-refractivity contribution in [1.29, 1.82) is 0 Å². The van der Waals surface area contributed by atoms with Gasteiger partial charge in [-0.3, -0.25) is 9.36 Å². The molecule has 0 bridgehead atoms. The van der Waals surface area contributed by atoms with Crippen molar-refractivity contribution in [3.8, 4) is 22.5 Å². The second-order valence-electron chi connectivity index (χ2n) is 8.85. The largest absolute Gasteiger partial charge is 0.335 e. The maximum absolute atomic E-state index is 13.2. The lowest BCUT2D eigenvalue weighted by Gasteiger charge is -2.22. The third-order valence-corrected chi connectivity index (χ3v) is 6.72. The highest BCUT2D eigenvalue weighted by Gasteiger charge is 2.24. The number of nitrogens with zero attached hydrogens (tertiary/aromatic N) is 5. The van der Waals surface area contributed by atoms with Gasteiger partial charge in [0.25, 0.3) is 0 Å². The van der Waals surface area contributed by atoms with Gasteiger partial charge in [-0.2, -0.15) is 5.21 Å². The fraction of sp³-hybridized carbons (Fsp3) is 0.346. The summed E-state index contributed by atoms with van der Waals surface area (Å²) in [5, 5.41) is 14.4. The minimum atomic E-state index is -0.237. The van der Waals surface area contributed by atoms with Crippen LogP contribution in [0.25, 0.3) is 22.5 Å². The molecule has 0 radical (unpaired) electrons. The van der Waals surface area contributed by atoms with Crippen LogP contribution in [0, 0.1) is 0 Å². The Balaban J connectivity index is 1.47. The van der Waals surface area contributed by atoms with Gasteiger partial charge in [0.05, 0.1) is 6.54 Å². The number of imidazole rings is 1. The van der Waals surface area contributed by atoms with Gasteiger partial charge in [-0.05, 0) is 34.7 Å². The summed E-state index contributed by atoms with van der Waals surface area (Å²) in [5.74, 6) is 0.716. The summed E-state index contributed by atoms with van der Waals surface area (Å²) in [6, 6.07) is 16.1. The highest BCUT2D eigenvalue weighted by atomic mass is 16.2. The molecular weight excluding hydrogens is 428 g/mol. The molecule has 34 heavy (non-hydrogen) atoms. The Morgan fingerprint density at radius 3 is 2.44 bits per heavy atom. The van der Waals surface area contributed by atoms with Gasteiger partial charge in [0, 0.05) is 29.8 Å². The van der Waals surface area contributed by atoms with Crippen molar-refractivity contribution in [3.05, 3.63) is 76.5 Å². The van der Waals surface area contributed by atoms with E-state index in [4.69, 9.17) is 0 Å². The summed E-state index contributed by atoms with van der Waals surface area (Å²) in [5.41, 5.74) is 4.70. The molecule has 0 aliphatic heterocycles. The topological polar surface area (TPSA) is 98.5 Å². The maximum Gasteiger partial charge on any atom is 0.335 e. The Kier molecular flexibility index (Phi) is 6.20. The van der Waals surface area contributed by atoms with Gasteiger partial charge in [-0.1, -0.05) is 74.7 Å². The molecule has 8 heteroatoms. The van der Waals surface area contributed by atoms with E-state index in [2.05, 4.69) is 20.6 Å². The zero-order valence-corrected chi connectivity index (χ0v) is 19.3. The van der Waals surface area contributed by atoms with Crippen molar-refractivity contribution in [3.63, 3.8) is 0 Å². The molecule has 174 valence electrons. The third kappa shape index (κ3) is 4.23. The van der Waals surface area contributed by atoms with E-state index in [9.17, 15) is 9.59 Å². The fourth-order valence-electron chi connectivity index (χ4n) is 4.91. The molecule has 8 nitrogen and oxygen atoms in total. The van der Waals surface area contributed by atoms with E-state index in [0.717, 1.165) is 40.8 Å². The molecule has 1 aliphatic carbocycles. The maximum atomic E-state index is 13.2. The predicted octanol–water partition coefficient (Wildman–Crippen LogP) is 4.64. The summed E-state index contributed by atoms with van der Waals surface area (Å²) in [6.07, 6.45) is 7.80. The number of nitrogens with one attached hydrogen (secondary N) is 1. The zero-order chi connectivity index (χ0) is 23.5. The smallest absolute Gasteiger partial charge is 0.291 e. The van der Waals surface area contributed by atoms with Crippen LogP contribution in [0.4, 0.5) is 0 Å². The lowest BCUT2D eigenvalue weighted by atomic mass is 9.87. The average Bonchev–Trinajstić information content (AvgIpc) is 3.54. The Hall–Kier alpha value is -3.81. The first-order valence-corrected chi connectivity index (χ1v) is 11.9. The number of benzene rings is 2. The van der Waals surface area contributed by atoms with Crippen LogP contribution in [0.2, 0.25) is 0 Å². The van der Waals surface area contributed by atoms with Crippen molar-refractivity contribution < 1.29 is 4.79 Å². The summed E-state index contributed by atoms with van der Waals surface area (Å²) in [6.45, 7) is 2.24. The molecule has 0 amide bonds. The average molecular weight is 457 g/mol. The fourth-order valence-corrected chi connectivity index (χ4v) is 4.91. The van der Waals surface area contributed by atoms with Crippen molar-refractivity contribution in [2.45, 2.75) is 57.9 Å². The van der Waals surface area contributed by atoms with E-state index in [1.165, 1.54) is 23.8 Å². The minimum absolute atomic E-state index is 0.158. The second kappa shape index (κ2) is 9.59. The molecule has 0 saturated heterocycles. The molecule has 0 unspecified atom stereocenters. The number of carbonyl (C=O) groups excluding carboxylic acids is 1. The molecule has 1 saturated carbocycles. The molecule has 5 rings (SSSR count). The number of rotatable bonds is 6. The highest BCUT2D eigenvalue weighted by Crippen LogP contribution is 2.33. The predicted molar refractivity (Wildman–Crippen MR) is 130 cm³/mol. The third-order valence-electron chi connectivity index (χ3n) is 6.72. The van der Waals surface area contributed by atoms with Crippen molar-refractivity contribution in [1.82, 2.24) is 29.8 Å². The van der Waals surface area contributed by atoms with Crippen LogP contribution in [-0.2, 0) is 6.54 Å². The summed E-state index contributed by atoms with van der Waals surface area (Å²) >= 11 is 0. The molecule has 1 N–H and O–H groups in total. The van der Waals surface area contributed by atoms with Crippen LogP contribution in [0.3, 0.4) is 0 Å². The SMILES string of the molecule is CCC(=O)n1cc(C2CCCCC2)n(Cc2ccc(-c3ccccc3-c3nn[nH]n3)cc2)c1=O. The molecule has 2 aromatic heterocycles. The van der Waals surface area contributed by atoms with Crippen molar-refractivity contribution in [2.24, 2.45) is 0 Å². The molecule has 0 atom stereocenters. The molecule has 0 spiro atoms. The van der Waals surface area contributed by atoms with Gasteiger partial charge < -0.3 is 0 Å². The Bertz CT molecular complexity index is 1330. The van der Waals surface area contributed by atoms with Gasteiger partial charge in [0.15, 0.2) is 0 Å². The summed E-state index contributed by atoms with van der Waals surface area (Å²) in [7, 11) is 0. The van der Waals surface area contributed by atoms with E-state index in [0.29, 0.717) is 24.7 Å². The Labute approximate surface area is 197 Å². The van der Waals surface area contributed by atoms with E-state index in [1.807, 2.05) is 48.5 Å². The number of carbonyl (C=O) groups is 1. The molecule has 2 aromatic carbocycles. The first kappa shape index (κ1) is 22.0. The van der Waals surface area contributed by atoms with Gasteiger partial charge in [-0.25, -0.2) is 9.36 Å². The van der Waals surface area contributed by atoms with Crippen LogP contribution in [0.1, 0.15) is 67.4 Å².